The third-order valence-corrected chi connectivity index (χ3v) is 7.07. The predicted octanol–water partition coefficient (Wildman–Crippen LogP) is 7.71. The number of benzene rings is 4. The zero-order valence-corrected chi connectivity index (χ0v) is 21.9. The van der Waals surface area contributed by atoms with Crippen LogP contribution in [-0.2, 0) is 11.3 Å². The molecule has 210 valence electrons. The van der Waals surface area contributed by atoms with Gasteiger partial charge in [-0.2, -0.15) is 0 Å². The first kappa shape index (κ1) is 28.0. The molecule has 2 atom stereocenters. The van der Waals surface area contributed by atoms with Crippen LogP contribution in [0.5, 0.6) is 5.75 Å². The maximum Gasteiger partial charge on any atom is 0.573 e. The highest BCUT2D eigenvalue weighted by Gasteiger charge is 2.38. The molecule has 0 fully saturated rings. The number of hydrogen-bond donors (Lipinski definition) is 1. The van der Waals surface area contributed by atoms with E-state index >= 15 is 0 Å². The van der Waals surface area contributed by atoms with E-state index in [1.165, 1.54) is 30.3 Å². The normalized spacial score (nSPS) is 16.8. The van der Waals surface area contributed by atoms with Crippen LogP contribution in [0.2, 0.25) is 0 Å². The van der Waals surface area contributed by atoms with Gasteiger partial charge in [0.1, 0.15) is 17.4 Å². The van der Waals surface area contributed by atoms with Crippen LogP contribution in [0, 0.1) is 24.5 Å². The number of hydrogen-bond acceptors (Lipinski definition) is 3. The van der Waals surface area contributed by atoms with Gasteiger partial charge < -0.3 is 10.1 Å². The lowest BCUT2D eigenvalue weighted by molar-refractivity contribution is -0.274. The Kier molecular flexibility index (Phi) is 7.88. The molecule has 1 N–H and O–H groups in total. The van der Waals surface area contributed by atoms with Crippen molar-refractivity contribution in [3.8, 4) is 16.9 Å². The summed E-state index contributed by atoms with van der Waals surface area (Å²) in [6, 6.07) is 23.0. The molecule has 0 aliphatic carbocycles. The summed E-state index contributed by atoms with van der Waals surface area (Å²) in [5.41, 5.74) is 3.93. The molecule has 1 aliphatic rings. The fraction of sp³-hybridized carbons (Fsp3) is 0.188. The van der Waals surface area contributed by atoms with E-state index in [9.17, 15) is 26.7 Å². The SMILES string of the molecule is Cc1ccccc1CNC(=O)[C@H]1CC(c2c(F)cccc2F)=N[C@H]1c1ccc(-c2ccc(OC(F)(F)F)cc2)cc1. The molecule has 0 unspecified atom stereocenters. The number of carbonyl (C=O) groups is 1. The largest absolute Gasteiger partial charge is 0.573 e. The molecular weight excluding hydrogens is 539 g/mol. The van der Waals surface area contributed by atoms with E-state index in [1.807, 2.05) is 31.2 Å². The molecule has 0 radical (unpaired) electrons. The topological polar surface area (TPSA) is 50.7 Å². The standard InChI is InChI=1S/C32H25F5N2O2/c1-19-5-2-3-6-23(19)18-38-31(40)25-17-28(29-26(33)7-4-8-27(29)34)39-30(25)22-11-9-20(10-12-22)21-13-15-24(16-14-21)41-32(35,36)37/h2-16,25,30H,17-18H2,1H3,(H,38,40)/t25-,30-/m0/s1. The summed E-state index contributed by atoms with van der Waals surface area (Å²) in [4.78, 5) is 18.0. The summed E-state index contributed by atoms with van der Waals surface area (Å²) in [5, 5.41) is 2.95. The Morgan fingerprint density at radius 3 is 2.10 bits per heavy atom. The molecular formula is C32H25F5N2O2. The second-order valence-corrected chi connectivity index (χ2v) is 9.77. The van der Waals surface area contributed by atoms with Crippen molar-refractivity contribution in [3.63, 3.8) is 0 Å². The van der Waals surface area contributed by atoms with Gasteiger partial charge in [-0.05, 0) is 59.0 Å². The van der Waals surface area contributed by atoms with Crippen LogP contribution >= 0.6 is 0 Å². The van der Waals surface area contributed by atoms with Crippen LogP contribution in [0.1, 0.15) is 34.7 Å². The lowest BCUT2D eigenvalue weighted by atomic mass is 9.89. The molecule has 1 amide bonds. The van der Waals surface area contributed by atoms with E-state index in [-0.39, 0.29) is 29.4 Å². The van der Waals surface area contributed by atoms with Gasteiger partial charge in [-0.25, -0.2) is 8.78 Å². The number of aryl methyl sites for hydroxylation is 1. The molecule has 0 aromatic heterocycles. The molecule has 9 heteroatoms. The van der Waals surface area contributed by atoms with Crippen molar-refractivity contribution < 1.29 is 31.5 Å². The van der Waals surface area contributed by atoms with Crippen molar-refractivity contribution in [1.29, 1.82) is 0 Å². The lowest BCUT2D eigenvalue weighted by Crippen LogP contribution is -2.32. The number of ether oxygens (including phenoxy) is 1. The van der Waals surface area contributed by atoms with Crippen LogP contribution in [0.25, 0.3) is 11.1 Å². The zero-order chi connectivity index (χ0) is 29.1. The van der Waals surface area contributed by atoms with E-state index in [2.05, 4.69) is 15.0 Å². The summed E-state index contributed by atoms with van der Waals surface area (Å²) < 4.78 is 70.6. The molecule has 4 aromatic rings. The molecule has 41 heavy (non-hydrogen) atoms. The zero-order valence-electron chi connectivity index (χ0n) is 21.9. The number of aliphatic imine (C=N–C) groups is 1. The third-order valence-electron chi connectivity index (χ3n) is 7.07. The highest BCUT2D eigenvalue weighted by Crippen LogP contribution is 2.38. The van der Waals surface area contributed by atoms with Gasteiger partial charge in [0, 0.05) is 18.7 Å². The summed E-state index contributed by atoms with van der Waals surface area (Å²) in [5.74, 6) is -2.84. The minimum Gasteiger partial charge on any atom is -0.406 e. The van der Waals surface area contributed by atoms with Gasteiger partial charge in [0.05, 0.1) is 17.5 Å². The summed E-state index contributed by atoms with van der Waals surface area (Å²) >= 11 is 0. The Labute approximate surface area is 233 Å². The molecule has 1 heterocycles. The second-order valence-electron chi connectivity index (χ2n) is 9.77. The number of nitrogens with zero attached hydrogens (tertiary/aromatic N) is 1. The van der Waals surface area contributed by atoms with E-state index in [0.29, 0.717) is 17.7 Å². The molecule has 1 aliphatic heterocycles. The van der Waals surface area contributed by atoms with Gasteiger partial charge in [0.2, 0.25) is 5.91 Å². The van der Waals surface area contributed by atoms with Crippen molar-refractivity contribution in [2.75, 3.05) is 0 Å². The number of alkyl halides is 3. The fourth-order valence-electron chi connectivity index (χ4n) is 4.96. The van der Waals surface area contributed by atoms with Gasteiger partial charge in [-0.1, -0.05) is 66.7 Å². The lowest BCUT2D eigenvalue weighted by Gasteiger charge is -2.19. The Balaban J connectivity index is 1.41. The van der Waals surface area contributed by atoms with Crippen LogP contribution < -0.4 is 10.1 Å². The molecule has 5 rings (SSSR count). The number of nitrogens with one attached hydrogen (secondary N) is 1. The number of halogens is 5. The van der Waals surface area contributed by atoms with Crippen molar-refractivity contribution >= 4 is 11.6 Å². The number of rotatable bonds is 7. The predicted molar refractivity (Wildman–Crippen MR) is 145 cm³/mol. The average Bonchev–Trinajstić information content (AvgIpc) is 3.37. The second kappa shape index (κ2) is 11.5. The van der Waals surface area contributed by atoms with Gasteiger partial charge in [0.25, 0.3) is 0 Å². The number of carbonyl (C=O) groups excluding carboxylic acids is 1. The molecule has 0 spiro atoms. The summed E-state index contributed by atoms with van der Waals surface area (Å²) in [6.07, 6.45) is -4.73. The van der Waals surface area contributed by atoms with Crippen LogP contribution in [-0.4, -0.2) is 18.0 Å². The van der Waals surface area contributed by atoms with E-state index in [1.54, 1.807) is 24.3 Å². The van der Waals surface area contributed by atoms with Crippen molar-refractivity contribution in [2.45, 2.75) is 32.3 Å². The van der Waals surface area contributed by atoms with E-state index in [4.69, 9.17) is 0 Å². The maximum absolute atomic E-state index is 14.6. The highest BCUT2D eigenvalue weighted by atomic mass is 19.4. The van der Waals surface area contributed by atoms with Gasteiger partial charge >= 0.3 is 6.36 Å². The first-order valence-electron chi connectivity index (χ1n) is 12.9. The van der Waals surface area contributed by atoms with Gasteiger partial charge in [-0.15, -0.1) is 13.2 Å². The van der Waals surface area contributed by atoms with Gasteiger partial charge in [0.15, 0.2) is 0 Å². The smallest absolute Gasteiger partial charge is 0.406 e. The first-order chi connectivity index (χ1) is 19.6. The highest BCUT2D eigenvalue weighted by molar-refractivity contribution is 6.05. The van der Waals surface area contributed by atoms with Crippen molar-refractivity contribution in [2.24, 2.45) is 10.9 Å². The number of amides is 1. The van der Waals surface area contributed by atoms with Gasteiger partial charge in [-0.3, -0.25) is 9.79 Å². The molecule has 4 nitrogen and oxygen atoms in total. The quantitative estimate of drug-likeness (QED) is 0.234. The van der Waals surface area contributed by atoms with Crippen LogP contribution in [0.15, 0.2) is 96.0 Å². The third kappa shape index (κ3) is 6.45. The first-order valence-corrected chi connectivity index (χ1v) is 12.9. The summed E-state index contributed by atoms with van der Waals surface area (Å²) in [7, 11) is 0. The van der Waals surface area contributed by atoms with Crippen molar-refractivity contribution in [3.05, 3.63) is 125 Å². The summed E-state index contributed by atoms with van der Waals surface area (Å²) in [6.45, 7) is 2.24. The van der Waals surface area contributed by atoms with E-state index in [0.717, 1.165) is 28.8 Å². The van der Waals surface area contributed by atoms with Crippen molar-refractivity contribution in [1.82, 2.24) is 5.32 Å². The molecule has 4 aromatic carbocycles. The fourth-order valence-corrected chi connectivity index (χ4v) is 4.96. The molecule has 0 bridgehead atoms. The Hall–Kier alpha value is -4.53. The molecule has 0 saturated heterocycles. The minimum atomic E-state index is -4.78. The maximum atomic E-state index is 14.6. The average molecular weight is 565 g/mol. The van der Waals surface area contributed by atoms with Crippen LogP contribution in [0.4, 0.5) is 22.0 Å². The van der Waals surface area contributed by atoms with Crippen LogP contribution in [0.3, 0.4) is 0 Å². The minimum absolute atomic E-state index is 0.0462. The van der Waals surface area contributed by atoms with E-state index < -0.39 is 30.0 Å². The Bertz CT molecular complexity index is 1560. The Morgan fingerprint density at radius 1 is 0.878 bits per heavy atom. The Morgan fingerprint density at radius 2 is 1.49 bits per heavy atom. The monoisotopic (exact) mass is 564 g/mol. The molecule has 0 saturated carbocycles.